The van der Waals surface area contributed by atoms with Crippen LogP contribution in [-0.2, 0) is 7.05 Å². The minimum Gasteiger partial charge on any atom is -0.434 e. The van der Waals surface area contributed by atoms with E-state index in [1.54, 1.807) is 78.6 Å². The van der Waals surface area contributed by atoms with Gasteiger partial charge in [0, 0.05) is 18.3 Å². The molecule has 0 bridgehead atoms. The molecule has 182 valence electrons. The van der Waals surface area contributed by atoms with Gasteiger partial charge in [-0.05, 0) is 59.7 Å². The number of fused-ring (bicyclic) bond motifs is 1. The second-order valence-corrected chi connectivity index (χ2v) is 8.82. The van der Waals surface area contributed by atoms with Gasteiger partial charge < -0.3 is 20.4 Å². The van der Waals surface area contributed by atoms with Crippen molar-refractivity contribution >= 4 is 51.9 Å². The van der Waals surface area contributed by atoms with E-state index in [1.165, 1.54) is 0 Å². The van der Waals surface area contributed by atoms with Crippen molar-refractivity contribution in [2.24, 2.45) is 12.8 Å². The van der Waals surface area contributed by atoms with E-state index in [9.17, 15) is 4.79 Å². The number of imidazole rings is 1. The largest absolute Gasteiger partial charge is 0.434 e. The van der Waals surface area contributed by atoms with Gasteiger partial charge in [-0.2, -0.15) is 15.2 Å². The topological polar surface area (TPSA) is 132 Å². The Morgan fingerprint density at radius 3 is 2.32 bits per heavy atom. The van der Waals surface area contributed by atoms with Gasteiger partial charge in [0.05, 0.1) is 28.0 Å². The number of aromatic nitrogens is 4. The number of carbonyl (C=O) groups excluding carboxylic acids is 1. The number of rotatable bonds is 6. The molecular formula is C26H17Cl2N7O2. The standard InChI is InChI=1S/C26H17Cl2N7O2/c1-35-13-31-21-24(35)33-26(32-18-8-2-14(12-29)3-9-18)34-25(21)37-22-19(27)10-17(11-20(22)28)15-4-6-16(7-5-15)23(30)36/h2-11,13H,1H3,(H2,30,36)(H,32,33,34). The highest BCUT2D eigenvalue weighted by molar-refractivity contribution is 6.37. The zero-order valence-electron chi connectivity index (χ0n) is 19.2. The molecule has 0 aliphatic heterocycles. The van der Waals surface area contributed by atoms with Crippen LogP contribution in [0.5, 0.6) is 11.6 Å². The molecule has 0 unspecified atom stereocenters. The molecule has 0 atom stereocenters. The fourth-order valence-electron chi connectivity index (χ4n) is 3.61. The summed E-state index contributed by atoms with van der Waals surface area (Å²) in [6.07, 6.45) is 1.60. The van der Waals surface area contributed by atoms with Crippen molar-refractivity contribution in [2.45, 2.75) is 0 Å². The van der Waals surface area contributed by atoms with Gasteiger partial charge in [-0.1, -0.05) is 35.3 Å². The van der Waals surface area contributed by atoms with E-state index in [0.29, 0.717) is 28.0 Å². The number of aryl methyl sites for hydroxylation is 1. The number of nitrogens with one attached hydrogen (secondary N) is 1. The molecule has 0 fully saturated rings. The van der Waals surface area contributed by atoms with Crippen LogP contribution in [0.2, 0.25) is 10.0 Å². The van der Waals surface area contributed by atoms with Crippen LogP contribution >= 0.6 is 23.2 Å². The van der Waals surface area contributed by atoms with Crippen LogP contribution in [0.25, 0.3) is 22.3 Å². The van der Waals surface area contributed by atoms with Crippen LogP contribution in [0.4, 0.5) is 11.6 Å². The molecule has 2 aromatic heterocycles. The first-order valence-electron chi connectivity index (χ1n) is 10.9. The fourth-order valence-corrected chi connectivity index (χ4v) is 4.18. The van der Waals surface area contributed by atoms with Crippen LogP contribution in [-0.4, -0.2) is 25.4 Å². The number of nitriles is 1. The number of anilines is 2. The van der Waals surface area contributed by atoms with Crippen LogP contribution in [0, 0.1) is 11.3 Å². The second kappa shape index (κ2) is 9.78. The van der Waals surface area contributed by atoms with Gasteiger partial charge in [0.2, 0.25) is 11.9 Å². The van der Waals surface area contributed by atoms with E-state index in [0.717, 1.165) is 11.1 Å². The number of benzene rings is 3. The lowest BCUT2D eigenvalue weighted by Gasteiger charge is -2.13. The average Bonchev–Trinajstić information content (AvgIpc) is 3.27. The van der Waals surface area contributed by atoms with E-state index in [-0.39, 0.29) is 27.6 Å². The minimum atomic E-state index is -0.509. The highest BCUT2D eigenvalue weighted by Gasteiger charge is 2.19. The molecule has 0 aliphatic rings. The predicted molar refractivity (Wildman–Crippen MR) is 141 cm³/mol. The summed E-state index contributed by atoms with van der Waals surface area (Å²) in [5.74, 6) is 0.110. The number of ether oxygens (including phenoxy) is 1. The van der Waals surface area contributed by atoms with E-state index >= 15 is 0 Å². The summed E-state index contributed by atoms with van der Waals surface area (Å²) in [5, 5.41) is 12.6. The quantitative estimate of drug-likeness (QED) is 0.282. The normalized spacial score (nSPS) is 10.8. The van der Waals surface area contributed by atoms with Crippen LogP contribution in [0.15, 0.2) is 67.0 Å². The summed E-state index contributed by atoms with van der Waals surface area (Å²) in [6.45, 7) is 0. The number of carbonyl (C=O) groups is 1. The zero-order valence-corrected chi connectivity index (χ0v) is 20.7. The highest BCUT2D eigenvalue weighted by atomic mass is 35.5. The summed E-state index contributed by atoms with van der Waals surface area (Å²) >= 11 is 13.2. The molecule has 0 spiro atoms. The molecule has 0 radical (unpaired) electrons. The zero-order chi connectivity index (χ0) is 26.1. The van der Waals surface area contributed by atoms with Crippen molar-refractivity contribution < 1.29 is 9.53 Å². The first kappa shape index (κ1) is 24.1. The predicted octanol–water partition coefficient (Wildman–Crippen LogP) is 5.84. The Bertz CT molecular complexity index is 1670. The molecule has 1 amide bonds. The van der Waals surface area contributed by atoms with Crippen molar-refractivity contribution in [3.05, 3.63) is 88.2 Å². The van der Waals surface area contributed by atoms with E-state index in [2.05, 4.69) is 26.3 Å². The van der Waals surface area contributed by atoms with Gasteiger partial charge in [-0.15, -0.1) is 0 Å². The first-order valence-corrected chi connectivity index (χ1v) is 11.6. The summed E-state index contributed by atoms with van der Waals surface area (Å²) in [7, 11) is 1.80. The third-order valence-electron chi connectivity index (χ3n) is 5.50. The lowest BCUT2D eigenvalue weighted by molar-refractivity contribution is 0.100. The van der Waals surface area contributed by atoms with Crippen molar-refractivity contribution in [3.8, 4) is 28.8 Å². The molecule has 5 rings (SSSR count). The minimum absolute atomic E-state index is 0.157. The van der Waals surface area contributed by atoms with E-state index in [1.807, 2.05) is 0 Å². The molecule has 0 aliphatic carbocycles. The smallest absolute Gasteiger partial charge is 0.252 e. The summed E-state index contributed by atoms with van der Waals surface area (Å²) in [5.41, 5.74) is 9.42. The first-order chi connectivity index (χ1) is 17.8. The van der Waals surface area contributed by atoms with Crippen molar-refractivity contribution in [3.63, 3.8) is 0 Å². The molecule has 37 heavy (non-hydrogen) atoms. The number of primary amides is 1. The summed E-state index contributed by atoms with van der Waals surface area (Å²) < 4.78 is 7.82. The third-order valence-corrected chi connectivity index (χ3v) is 6.06. The van der Waals surface area contributed by atoms with Gasteiger partial charge in [0.1, 0.15) is 0 Å². The maximum absolute atomic E-state index is 11.4. The molecule has 3 aromatic carbocycles. The fraction of sp³-hybridized carbons (Fsp3) is 0.0385. The summed E-state index contributed by atoms with van der Waals surface area (Å²) in [6, 6.07) is 19.1. The molecule has 0 saturated heterocycles. The molecular weight excluding hydrogens is 513 g/mol. The molecule has 3 N–H and O–H groups in total. The van der Waals surface area contributed by atoms with E-state index in [4.69, 9.17) is 38.9 Å². The Morgan fingerprint density at radius 1 is 1.03 bits per heavy atom. The Morgan fingerprint density at radius 2 is 1.70 bits per heavy atom. The molecule has 9 nitrogen and oxygen atoms in total. The molecule has 2 heterocycles. The number of halogens is 2. The second-order valence-electron chi connectivity index (χ2n) is 8.01. The SMILES string of the molecule is Cn1cnc2c(Oc3c(Cl)cc(-c4ccc(C(N)=O)cc4)cc3Cl)nc(Nc3ccc(C#N)cc3)nc21. The van der Waals surface area contributed by atoms with Gasteiger partial charge in [0.25, 0.3) is 5.88 Å². The molecule has 5 aromatic rings. The number of hydrogen-bond acceptors (Lipinski definition) is 7. The van der Waals surface area contributed by atoms with E-state index < -0.39 is 5.91 Å². The van der Waals surface area contributed by atoms with Crippen LogP contribution < -0.4 is 15.8 Å². The summed E-state index contributed by atoms with van der Waals surface area (Å²) in [4.78, 5) is 24.7. The Kier molecular flexibility index (Phi) is 6.36. The van der Waals surface area contributed by atoms with Gasteiger partial charge in [-0.3, -0.25) is 4.79 Å². The Labute approximate surface area is 221 Å². The monoisotopic (exact) mass is 529 g/mol. The third kappa shape index (κ3) is 4.89. The maximum Gasteiger partial charge on any atom is 0.252 e. The van der Waals surface area contributed by atoms with Crippen molar-refractivity contribution in [1.29, 1.82) is 5.26 Å². The average molecular weight is 530 g/mol. The number of nitrogens with two attached hydrogens (primary N) is 1. The lowest BCUT2D eigenvalue weighted by atomic mass is 10.0. The molecule has 11 heteroatoms. The number of amides is 1. The van der Waals surface area contributed by atoms with Crippen LogP contribution in [0.1, 0.15) is 15.9 Å². The van der Waals surface area contributed by atoms with Gasteiger partial charge in [-0.25, -0.2) is 4.98 Å². The number of hydrogen-bond donors (Lipinski definition) is 2. The van der Waals surface area contributed by atoms with Crippen molar-refractivity contribution in [2.75, 3.05) is 5.32 Å². The maximum atomic E-state index is 11.4. The van der Waals surface area contributed by atoms with Gasteiger partial charge >= 0.3 is 0 Å². The van der Waals surface area contributed by atoms with Crippen molar-refractivity contribution in [1.82, 2.24) is 19.5 Å². The Hall–Kier alpha value is -4.65. The highest BCUT2D eigenvalue weighted by Crippen LogP contribution is 2.41. The molecule has 0 saturated carbocycles. The lowest BCUT2D eigenvalue weighted by Crippen LogP contribution is -2.10. The van der Waals surface area contributed by atoms with Crippen LogP contribution in [0.3, 0.4) is 0 Å². The Balaban J connectivity index is 1.49. The van der Waals surface area contributed by atoms with Gasteiger partial charge in [0.15, 0.2) is 16.9 Å². The number of nitrogens with zero attached hydrogens (tertiary/aromatic N) is 5.